The molecule has 0 bridgehead atoms. The molecular formula is C18H23ClN2O. The van der Waals surface area contributed by atoms with Gasteiger partial charge in [-0.2, -0.15) is 0 Å². The van der Waals surface area contributed by atoms with Crippen LogP contribution in [0.5, 0.6) is 5.75 Å². The van der Waals surface area contributed by atoms with Gasteiger partial charge in [0.25, 0.3) is 0 Å². The average Bonchev–Trinajstić information content (AvgIpc) is 2.52. The summed E-state index contributed by atoms with van der Waals surface area (Å²) in [6.45, 7) is 4.58. The molecule has 2 rings (SSSR count). The molecular weight excluding hydrogens is 296 g/mol. The van der Waals surface area contributed by atoms with Crippen molar-refractivity contribution in [2.75, 3.05) is 30.3 Å². The molecule has 3 nitrogen and oxygen atoms in total. The largest absolute Gasteiger partial charge is 0.494 e. The quantitative estimate of drug-likeness (QED) is 0.635. The van der Waals surface area contributed by atoms with E-state index in [0.717, 1.165) is 54.7 Å². The molecule has 22 heavy (non-hydrogen) atoms. The van der Waals surface area contributed by atoms with Gasteiger partial charge < -0.3 is 15.4 Å². The van der Waals surface area contributed by atoms with E-state index in [2.05, 4.69) is 17.6 Å². The molecule has 2 aromatic carbocycles. The first-order valence-corrected chi connectivity index (χ1v) is 8.12. The lowest BCUT2D eigenvalue weighted by molar-refractivity contribution is 0.309. The fourth-order valence-electron chi connectivity index (χ4n) is 2.04. The highest BCUT2D eigenvalue weighted by molar-refractivity contribution is 6.30. The summed E-state index contributed by atoms with van der Waals surface area (Å²) in [5.74, 6) is 0.918. The van der Waals surface area contributed by atoms with Gasteiger partial charge in [-0.25, -0.2) is 0 Å². The van der Waals surface area contributed by atoms with Crippen LogP contribution in [0.1, 0.15) is 19.8 Å². The van der Waals surface area contributed by atoms with Crippen LogP contribution in [0.4, 0.5) is 11.4 Å². The van der Waals surface area contributed by atoms with Gasteiger partial charge >= 0.3 is 0 Å². The van der Waals surface area contributed by atoms with E-state index >= 15 is 0 Å². The maximum absolute atomic E-state index is 5.95. The minimum Gasteiger partial charge on any atom is -0.494 e. The van der Waals surface area contributed by atoms with Crippen LogP contribution in [0.25, 0.3) is 0 Å². The molecule has 0 aliphatic heterocycles. The maximum Gasteiger partial charge on any atom is 0.121 e. The lowest BCUT2D eigenvalue weighted by Gasteiger charge is -2.11. The number of nitrogens with one attached hydrogen (secondary N) is 2. The van der Waals surface area contributed by atoms with Crippen molar-refractivity contribution >= 4 is 23.0 Å². The van der Waals surface area contributed by atoms with Crippen molar-refractivity contribution in [2.24, 2.45) is 0 Å². The first-order chi connectivity index (χ1) is 10.8. The van der Waals surface area contributed by atoms with E-state index in [1.165, 1.54) is 0 Å². The van der Waals surface area contributed by atoms with Gasteiger partial charge in [0.05, 0.1) is 6.61 Å². The zero-order valence-electron chi connectivity index (χ0n) is 12.9. The zero-order chi connectivity index (χ0) is 15.6. The Morgan fingerprint density at radius 2 is 1.64 bits per heavy atom. The third-order valence-electron chi connectivity index (χ3n) is 3.21. The summed E-state index contributed by atoms with van der Waals surface area (Å²) < 4.78 is 5.71. The summed E-state index contributed by atoms with van der Waals surface area (Å²) in [5.41, 5.74) is 2.10. The van der Waals surface area contributed by atoms with E-state index in [0.29, 0.717) is 0 Å². The summed E-state index contributed by atoms with van der Waals surface area (Å²) in [6, 6.07) is 15.8. The first-order valence-electron chi connectivity index (χ1n) is 7.74. The van der Waals surface area contributed by atoms with E-state index in [-0.39, 0.29) is 0 Å². The molecule has 0 aliphatic carbocycles. The molecule has 2 N–H and O–H groups in total. The number of ether oxygens (including phenoxy) is 1. The van der Waals surface area contributed by atoms with Gasteiger partial charge in [0.2, 0.25) is 0 Å². The number of halogens is 1. The van der Waals surface area contributed by atoms with Gasteiger partial charge in [0, 0.05) is 35.6 Å². The third kappa shape index (κ3) is 5.86. The van der Waals surface area contributed by atoms with Crippen molar-refractivity contribution in [3.63, 3.8) is 0 Å². The Hall–Kier alpha value is -1.87. The van der Waals surface area contributed by atoms with Crippen LogP contribution in [-0.4, -0.2) is 19.7 Å². The molecule has 0 saturated heterocycles. The molecule has 118 valence electrons. The normalized spacial score (nSPS) is 10.3. The molecule has 0 aliphatic rings. The molecule has 0 aromatic heterocycles. The molecule has 0 spiro atoms. The number of anilines is 2. The van der Waals surface area contributed by atoms with Crippen molar-refractivity contribution in [3.8, 4) is 5.75 Å². The van der Waals surface area contributed by atoms with Crippen LogP contribution in [-0.2, 0) is 0 Å². The number of rotatable bonds is 9. The topological polar surface area (TPSA) is 33.3 Å². The predicted octanol–water partition coefficient (Wildman–Crippen LogP) is 5.04. The first kappa shape index (κ1) is 16.5. The van der Waals surface area contributed by atoms with Crippen molar-refractivity contribution in [2.45, 2.75) is 19.8 Å². The van der Waals surface area contributed by atoms with Crippen molar-refractivity contribution < 1.29 is 4.74 Å². The average molecular weight is 319 g/mol. The smallest absolute Gasteiger partial charge is 0.121 e. The standard InChI is InChI=1S/C18H23ClN2O/c1-2-3-12-22-18-9-5-8-17(14-18)21-11-10-20-16-7-4-6-15(19)13-16/h4-9,13-14,20-21H,2-3,10-12H2,1H3. The van der Waals surface area contributed by atoms with Crippen LogP contribution in [0.15, 0.2) is 48.5 Å². The molecule has 0 fully saturated rings. The van der Waals surface area contributed by atoms with E-state index in [9.17, 15) is 0 Å². The summed E-state index contributed by atoms with van der Waals surface area (Å²) >= 11 is 5.95. The SMILES string of the molecule is CCCCOc1cccc(NCCNc2cccc(Cl)c2)c1. The molecule has 0 atom stereocenters. The van der Waals surface area contributed by atoms with Gasteiger partial charge in [-0.3, -0.25) is 0 Å². The molecule has 2 aromatic rings. The third-order valence-corrected chi connectivity index (χ3v) is 3.44. The second-order valence-electron chi connectivity index (χ2n) is 5.09. The molecule has 0 heterocycles. The van der Waals surface area contributed by atoms with Crippen molar-refractivity contribution in [1.82, 2.24) is 0 Å². The fourth-order valence-corrected chi connectivity index (χ4v) is 2.23. The zero-order valence-corrected chi connectivity index (χ0v) is 13.7. The number of hydrogen-bond acceptors (Lipinski definition) is 3. The predicted molar refractivity (Wildman–Crippen MR) is 95.3 cm³/mol. The minimum absolute atomic E-state index is 0.745. The maximum atomic E-state index is 5.95. The Labute approximate surface area is 137 Å². The van der Waals surface area contributed by atoms with Gasteiger partial charge in [-0.1, -0.05) is 37.1 Å². The fraction of sp³-hybridized carbons (Fsp3) is 0.333. The monoisotopic (exact) mass is 318 g/mol. The number of hydrogen-bond donors (Lipinski definition) is 2. The Balaban J connectivity index is 1.73. The van der Waals surface area contributed by atoms with Gasteiger partial charge in [0.1, 0.15) is 5.75 Å². The van der Waals surface area contributed by atoms with E-state index < -0.39 is 0 Å². The van der Waals surface area contributed by atoms with Crippen LogP contribution < -0.4 is 15.4 Å². The summed E-state index contributed by atoms with van der Waals surface area (Å²) in [4.78, 5) is 0. The molecule has 0 amide bonds. The molecule has 0 saturated carbocycles. The molecule has 0 radical (unpaired) electrons. The summed E-state index contributed by atoms with van der Waals surface area (Å²) in [7, 11) is 0. The van der Waals surface area contributed by atoms with Gasteiger partial charge in [-0.15, -0.1) is 0 Å². The lowest BCUT2D eigenvalue weighted by atomic mass is 10.3. The van der Waals surface area contributed by atoms with Crippen molar-refractivity contribution in [3.05, 3.63) is 53.6 Å². The number of benzene rings is 2. The second-order valence-corrected chi connectivity index (χ2v) is 5.53. The highest BCUT2D eigenvalue weighted by Gasteiger charge is 1.97. The van der Waals surface area contributed by atoms with Crippen LogP contribution >= 0.6 is 11.6 Å². The lowest BCUT2D eigenvalue weighted by Crippen LogP contribution is -2.13. The molecule has 4 heteroatoms. The Kier molecular flexibility index (Phi) is 6.91. The van der Waals surface area contributed by atoms with E-state index in [4.69, 9.17) is 16.3 Å². The van der Waals surface area contributed by atoms with Crippen molar-refractivity contribution in [1.29, 1.82) is 0 Å². The summed E-state index contributed by atoms with van der Waals surface area (Å²) in [5, 5.41) is 7.46. The van der Waals surface area contributed by atoms with E-state index in [1.807, 2.05) is 48.5 Å². The van der Waals surface area contributed by atoms with Crippen LogP contribution in [0.3, 0.4) is 0 Å². The second kappa shape index (κ2) is 9.21. The molecule has 0 unspecified atom stereocenters. The van der Waals surface area contributed by atoms with Gasteiger partial charge in [0.15, 0.2) is 0 Å². The summed E-state index contributed by atoms with van der Waals surface area (Å²) in [6.07, 6.45) is 2.23. The van der Waals surface area contributed by atoms with Crippen LogP contribution in [0, 0.1) is 0 Å². The highest BCUT2D eigenvalue weighted by Crippen LogP contribution is 2.18. The van der Waals surface area contributed by atoms with Gasteiger partial charge in [-0.05, 0) is 36.8 Å². The van der Waals surface area contributed by atoms with Crippen LogP contribution in [0.2, 0.25) is 5.02 Å². The van der Waals surface area contributed by atoms with E-state index in [1.54, 1.807) is 0 Å². The Morgan fingerprint density at radius 3 is 2.32 bits per heavy atom. The Morgan fingerprint density at radius 1 is 0.955 bits per heavy atom. The number of unbranched alkanes of at least 4 members (excludes halogenated alkanes) is 1. The Bertz CT molecular complexity index is 575. The highest BCUT2D eigenvalue weighted by atomic mass is 35.5. The minimum atomic E-state index is 0.745.